The third-order valence-electron chi connectivity index (χ3n) is 13.8. The first-order valence-corrected chi connectivity index (χ1v) is 26.8. The second-order valence-electron chi connectivity index (χ2n) is 24.2. The van der Waals surface area contributed by atoms with Gasteiger partial charge in [-0.05, 0) is 174 Å². The summed E-state index contributed by atoms with van der Waals surface area (Å²) in [6.45, 7) is 32.1. The number of rotatable bonds is 1. The zero-order valence-electron chi connectivity index (χ0n) is 42.4. The molecule has 0 aromatic heterocycles. The molecule has 11 aliphatic rings. The van der Waals surface area contributed by atoms with Crippen molar-refractivity contribution < 1.29 is 0 Å². The van der Waals surface area contributed by atoms with Crippen LogP contribution in [-0.4, -0.2) is 36.8 Å². The SMILES string of the molecule is C1CC2CCC(C1)N2.C1CC2CCC1CN2.C1CC2CCCC(C1)N2.C1CCC2CC2C1.CC(C)C.CC(C)C.CC(C)C.CC(C)C.CC(C)C1CC2CCC1C2. The monoisotopic (exact) mass is 814 g/mol. The highest BCUT2D eigenvalue weighted by Crippen LogP contribution is 2.51. The zero-order valence-corrected chi connectivity index (χ0v) is 42.4. The van der Waals surface area contributed by atoms with E-state index in [0.29, 0.717) is 0 Å². The molecule has 11 fully saturated rings. The van der Waals surface area contributed by atoms with Crippen molar-refractivity contribution in [1.29, 1.82) is 0 Å². The van der Waals surface area contributed by atoms with Crippen LogP contribution in [0.25, 0.3) is 0 Å². The minimum absolute atomic E-state index is 0.833. The van der Waals surface area contributed by atoms with Crippen LogP contribution in [-0.2, 0) is 0 Å². The molecule has 0 aromatic rings. The molecular weight excluding hydrogens is 703 g/mol. The van der Waals surface area contributed by atoms with Crippen molar-refractivity contribution in [1.82, 2.24) is 16.0 Å². The average Bonchev–Trinajstić information content (AvgIpc) is 3.43. The van der Waals surface area contributed by atoms with Gasteiger partial charge in [0, 0.05) is 30.2 Å². The van der Waals surface area contributed by atoms with E-state index in [1.54, 1.807) is 44.9 Å². The first-order valence-electron chi connectivity index (χ1n) is 26.8. The summed E-state index contributed by atoms with van der Waals surface area (Å²) in [6, 6.07) is 4.53. The minimum Gasteiger partial charge on any atom is -0.314 e. The second-order valence-corrected chi connectivity index (χ2v) is 24.2. The van der Waals surface area contributed by atoms with Crippen molar-refractivity contribution in [2.24, 2.45) is 65.1 Å². The van der Waals surface area contributed by atoms with E-state index in [4.69, 9.17) is 0 Å². The fourth-order valence-electron chi connectivity index (χ4n) is 11.0. The first-order chi connectivity index (χ1) is 27.5. The molecule has 5 aliphatic carbocycles. The number of nitrogens with one attached hydrogen (secondary N) is 3. The van der Waals surface area contributed by atoms with E-state index in [1.807, 2.05) is 0 Å². The molecule has 3 N–H and O–H groups in total. The van der Waals surface area contributed by atoms with Gasteiger partial charge in [0.05, 0.1) is 0 Å². The van der Waals surface area contributed by atoms with Crippen LogP contribution in [0.15, 0.2) is 0 Å². The van der Waals surface area contributed by atoms with Crippen molar-refractivity contribution in [3.8, 4) is 0 Å². The maximum absolute atomic E-state index is 3.65. The lowest BCUT2D eigenvalue weighted by Crippen LogP contribution is -2.45. The molecule has 7 unspecified atom stereocenters. The van der Waals surface area contributed by atoms with Gasteiger partial charge in [-0.3, -0.25) is 0 Å². The van der Waals surface area contributed by atoms with Crippen LogP contribution in [0.1, 0.15) is 251 Å². The van der Waals surface area contributed by atoms with Crippen molar-refractivity contribution in [3.05, 3.63) is 0 Å². The molecule has 0 amide bonds. The van der Waals surface area contributed by atoms with Gasteiger partial charge in [-0.2, -0.15) is 0 Å². The predicted molar refractivity (Wildman–Crippen MR) is 262 cm³/mol. The van der Waals surface area contributed by atoms with Crippen molar-refractivity contribution >= 4 is 0 Å². The highest BCUT2D eigenvalue weighted by molar-refractivity contribution is 4.91. The molecule has 7 atom stereocenters. The Bertz CT molecular complexity index is 834. The van der Waals surface area contributed by atoms with Crippen molar-refractivity contribution in [3.63, 3.8) is 0 Å². The van der Waals surface area contributed by atoms with Crippen molar-refractivity contribution in [2.45, 2.75) is 281 Å². The summed E-state index contributed by atoms with van der Waals surface area (Å²) in [6.07, 6.45) is 35.9. The molecule has 5 saturated carbocycles. The number of hydrogen-bond acceptors (Lipinski definition) is 3. The number of piperidine rings is 5. The van der Waals surface area contributed by atoms with E-state index >= 15 is 0 Å². The van der Waals surface area contributed by atoms with Crippen LogP contribution < -0.4 is 16.0 Å². The van der Waals surface area contributed by atoms with Crippen LogP contribution in [0.3, 0.4) is 0 Å². The largest absolute Gasteiger partial charge is 0.314 e. The van der Waals surface area contributed by atoms with Gasteiger partial charge in [0.1, 0.15) is 0 Å². The molecule has 3 heteroatoms. The van der Waals surface area contributed by atoms with Gasteiger partial charge < -0.3 is 16.0 Å². The summed E-state index contributed by atoms with van der Waals surface area (Å²) in [5, 5.41) is 10.8. The summed E-state index contributed by atoms with van der Waals surface area (Å²) in [5.74, 6) is 11.1. The third-order valence-corrected chi connectivity index (χ3v) is 13.8. The fourth-order valence-corrected chi connectivity index (χ4v) is 11.0. The Balaban J connectivity index is 0.000000231. The molecule has 0 aromatic carbocycles. The smallest absolute Gasteiger partial charge is 0.00702 e. The van der Waals surface area contributed by atoms with E-state index in [9.17, 15) is 0 Å². The fraction of sp³-hybridized carbons (Fsp3) is 1.00. The topological polar surface area (TPSA) is 36.1 Å². The second kappa shape index (κ2) is 30.8. The summed E-state index contributed by atoms with van der Waals surface area (Å²) in [7, 11) is 0. The average molecular weight is 815 g/mol. The van der Waals surface area contributed by atoms with Crippen LogP contribution in [0.5, 0.6) is 0 Å². The molecule has 11 rings (SSSR count). The normalized spacial score (nSPS) is 35.1. The minimum atomic E-state index is 0.833. The Hall–Kier alpha value is -0.120. The Morgan fingerprint density at radius 3 is 0.879 bits per heavy atom. The molecule has 0 spiro atoms. The van der Waals surface area contributed by atoms with Gasteiger partial charge in [0.25, 0.3) is 0 Å². The molecule has 0 radical (unpaired) electrons. The van der Waals surface area contributed by atoms with Crippen molar-refractivity contribution in [2.75, 3.05) is 6.54 Å². The van der Waals surface area contributed by atoms with E-state index in [2.05, 4.69) is 113 Å². The van der Waals surface area contributed by atoms with E-state index in [-0.39, 0.29) is 0 Å². The quantitative estimate of drug-likeness (QED) is 0.247. The molecular formula is C55H111N3. The summed E-state index contributed by atoms with van der Waals surface area (Å²) < 4.78 is 0. The van der Waals surface area contributed by atoms with Crippen LogP contribution in [0, 0.1) is 65.1 Å². The maximum atomic E-state index is 3.65. The molecule has 8 bridgehead atoms. The van der Waals surface area contributed by atoms with Crippen LogP contribution >= 0.6 is 0 Å². The number of hydrogen-bond donors (Lipinski definition) is 3. The summed E-state index contributed by atoms with van der Waals surface area (Å²) in [5.41, 5.74) is 0. The lowest BCUT2D eigenvalue weighted by molar-refractivity contribution is 0.213. The van der Waals surface area contributed by atoms with E-state index in [1.165, 1.54) is 128 Å². The predicted octanol–water partition coefficient (Wildman–Crippen LogP) is 16.0. The van der Waals surface area contributed by atoms with Gasteiger partial charge in [-0.15, -0.1) is 0 Å². The molecule has 6 aliphatic heterocycles. The molecule has 346 valence electrons. The van der Waals surface area contributed by atoms with Crippen LogP contribution in [0.2, 0.25) is 0 Å². The van der Waals surface area contributed by atoms with Gasteiger partial charge in [0.2, 0.25) is 0 Å². The Morgan fingerprint density at radius 2 is 0.672 bits per heavy atom. The number of fused-ring (bicyclic) bond motifs is 10. The Labute approximate surface area is 367 Å². The first kappa shape index (κ1) is 54.0. The zero-order chi connectivity index (χ0) is 43.0. The third kappa shape index (κ3) is 26.4. The maximum Gasteiger partial charge on any atom is 0.00702 e. The van der Waals surface area contributed by atoms with E-state index in [0.717, 1.165) is 83.5 Å². The Morgan fingerprint density at radius 1 is 0.310 bits per heavy atom. The standard InChI is InChI=1S/C10H18.C8H15N.2C7H13N.C7H12.4C4H10/c1-7(2)10-6-8-3-4-9(10)5-8;1-3-7-5-2-6-8(4-1)9-7;1-3-7-4-2-6(1)5-8-7;1-2-6-4-5-7(3-1)8-6;1-2-4-7-5-6(7)3-1;4*1-4(2)3/h7-10H,3-6H2,1-2H3;7-9H,1-6H2;2*6-8H,1-5H2;6-7H,1-5H2;4*4H,1-3H3. The molecule has 6 saturated heterocycles. The molecule has 58 heavy (non-hydrogen) atoms. The van der Waals surface area contributed by atoms with E-state index < -0.39 is 0 Å². The molecule has 6 heterocycles. The summed E-state index contributed by atoms with van der Waals surface area (Å²) >= 11 is 0. The highest BCUT2D eigenvalue weighted by Gasteiger charge is 2.40. The van der Waals surface area contributed by atoms with Crippen LogP contribution in [0.4, 0.5) is 0 Å². The summed E-state index contributed by atoms with van der Waals surface area (Å²) in [4.78, 5) is 0. The molecule has 3 nitrogen and oxygen atoms in total. The highest BCUT2D eigenvalue weighted by atomic mass is 15.0. The van der Waals surface area contributed by atoms with Gasteiger partial charge in [-0.1, -0.05) is 148 Å². The van der Waals surface area contributed by atoms with Gasteiger partial charge >= 0.3 is 0 Å². The van der Waals surface area contributed by atoms with Gasteiger partial charge in [-0.25, -0.2) is 0 Å². The lowest BCUT2D eigenvalue weighted by Gasteiger charge is -2.36. The Kier molecular flexibility index (Phi) is 28.7. The lowest BCUT2D eigenvalue weighted by atomic mass is 9.81. The van der Waals surface area contributed by atoms with Gasteiger partial charge in [0.15, 0.2) is 0 Å².